The lowest BCUT2D eigenvalue weighted by Gasteiger charge is -2.20. The Balaban J connectivity index is 2.12. The molecule has 2 heterocycles. The fourth-order valence-corrected chi connectivity index (χ4v) is 1.65. The van der Waals surface area contributed by atoms with Crippen LogP contribution in [-0.2, 0) is 0 Å². The zero-order valence-electron chi connectivity index (χ0n) is 7.77. The predicted molar refractivity (Wildman–Crippen MR) is 51.6 cm³/mol. The first-order chi connectivity index (χ1) is 6.92. The summed E-state index contributed by atoms with van der Waals surface area (Å²) in [4.78, 5) is 8.26. The van der Waals surface area contributed by atoms with Gasteiger partial charge in [-0.25, -0.2) is 0 Å². The molecule has 14 heavy (non-hydrogen) atoms. The summed E-state index contributed by atoms with van der Waals surface area (Å²) < 4.78 is 0. The Morgan fingerprint density at radius 3 is 2.79 bits per heavy atom. The van der Waals surface area contributed by atoms with Crippen molar-refractivity contribution in [3.63, 3.8) is 0 Å². The minimum atomic E-state index is 0.0474. The predicted octanol–water partition coefficient (Wildman–Crippen LogP) is -1.29. The Morgan fingerprint density at radius 1 is 1.43 bits per heavy atom. The SMILES string of the molecule is NNC(c1cnccn1)C1CNNC1. The zero-order chi connectivity index (χ0) is 9.80. The summed E-state index contributed by atoms with van der Waals surface area (Å²) >= 11 is 0. The molecule has 0 aliphatic carbocycles. The van der Waals surface area contributed by atoms with Crippen molar-refractivity contribution in [3.05, 3.63) is 24.3 Å². The number of nitrogens with zero attached hydrogens (tertiary/aromatic N) is 2. The van der Waals surface area contributed by atoms with Gasteiger partial charge in [-0.15, -0.1) is 0 Å². The van der Waals surface area contributed by atoms with Gasteiger partial charge in [0.1, 0.15) is 0 Å². The topological polar surface area (TPSA) is 87.9 Å². The normalized spacial score (nSPS) is 19.8. The van der Waals surface area contributed by atoms with Gasteiger partial charge < -0.3 is 0 Å². The second-order valence-corrected chi connectivity index (χ2v) is 3.30. The van der Waals surface area contributed by atoms with E-state index >= 15 is 0 Å². The second-order valence-electron chi connectivity index (χ2n) is 3.30. The minimum Gasteiger partial charge on any atom is -0.271 e. The van der Waals surface area contributed by atoms with Crippen LogP contribution in [0.5, 0.6) is 0 Å². The Labute approximate surface area is 82.3 Å². The standard InChI is InChI=1S/C8H14N6/c9-14-8(6-3-12-13-4-6)7-5-10-1-2-11-7/h1-2,5-6,8,12-14H,3-4,9H2. The van der Waals surface area contributed by atoms with Gasteiger partial charge >= 0.3 is 0 Å². The molecule has 0 amide bonds. The van der Waals surface area contributed by atoms with E-state index in [0.717, 1.165) is 18.8 Å². The minimum absolute atomic E-state index is 0.0474. The monoisotopic (exact) mass is 194 g/mol. The molecule has 1 fully saturated rings. The molecule has 6 heteroatoms. The molecule has 0 aromatic carbocycles. The van der Waals surface area contributed by atoms with E-state index in [1.54, 1.807) is 18.6 Å². The van der Waals surface area contributed by atoms with Gasteiger partial charge in [-0.05, 0) is 0 Å². The van der Waals surface area contributed by atoms with E-state index in [1.165, 1.54) is 0 Å². The van der Waals surface area contributed by atoms with Gasteiger partial charge in [0, 0.05) is 31.4 Å². The van der Waals surface area contributed by atoms with E-state index in [1.807, 2.05) is 0 Å². The summed E-state index contributed by atoms with van der Waals surface area (Å²) in [6.45, 7) is 1.76. The third kappa shape index (κ3) is 1.88. The van der Waals surface area contributed by atoms with E-state index in [9.17, 15) is 0 Å². The smallest absolute Gasteiger partial charge is 0.0773 e. The first-order valence-corrected chi connectivity index (χ1v) is 4.59. The molecule has 0 bridgehead atoms. The average Bonchev–Trinajstić information content (AvgIpc) is 2.74. The third-order valence-electron chi connectivity index (χ3n) is 2.41. The summed E-state index contributed by atoms with van der Waals surface area (Å²) in [5, 5.41) is 0. The Bertz CT molecular complexity index is 270. The number of hydrazine groups is 2. The molecule has 1 atom stereocenters. The van der Waals surface area contributed by atoms with Gasteiger partial charge in [0.25, 0.3) is 0 Å². The molecule has 6 nitrogen and oxygen atoms in total. The highest BCUT2D eigenvalue weighted by molar-refractivity contribution is 5.05. The van der Waals surface area contributed by atoms with Crippen LogP contribution in [0.2, 0.25) is 0 Å². The van der Waals surface area contributed by atoms with E-state index in [4.69, 9.17) is 5.84 Å². The van der Waals surface area contributed by atoms with E-state index in [2.05, 4.69) is 26.2 Å². The van der Waals surface area contributed by atoms with Crippen molar-refractivity contribution in [2.24, 2.45) is 11.8 Å². The number of aromatic nitrogens is 2. The van der Waals surface area contributed by atoms with Crippen molar-refractivity contribution in [1.29, 1.82) is 0 Å². The Kier molecular flexibility index (Phi) is 3.00. The molecule has 1 aliphatic heterocycles. The van der Waals surface area contributed by atoms with Crippen molar-refractivity contribution >= 4 is 0 Å². The van der Waals surface area contributed by atoms with Gasteiger partial charge in [0.05, 0.1) is 17.9 Å². The van der Waals surface area contributed by atoms with Crippen LogP contribution in [0, 0.1) is 5.92 Å². The average molecular weight is 194 g/mol. The lowest BCUT2D eigenvalue weighted by molar-refractivity contribution is 0.397. The fourth-order valence-electron chi connectivity index (χ4n) is 1.65. The number of hydrogen-bond donors (Lipinski definition) is 4. The van der Waals surface area contributed by atoms with Crippen LogP contribution in [0.15, 0.2) is 18.6 Å². The largest absolute Gasteiger partial charge is 0.271 e. The molecule has 2 rings (SSSR count). The van der Waals surface area contributed by atoms with E-state index in [0.29, 0.717) is 5.92 Å². The number of rotatable bonds is 3. The van der Waals surface area contributed by atoms with Crippen LogP contribution >= 0.6 is 0 Å². The maximum Gasteiger partial charge on any atom is 0.0773 e. The molecule has 1 saturated heterocycles. The van der Waals surface area contributed by atoms with E-state index < -0.39 is 0 Å². The molecule has 5 N–H and O–H groups in total. The van der Waals surface area contributed by atoms with Crippen molar-refractivity contribution in [3.8, 4) is 0 Å². The summed E-state index contributed by atoms with van der Waals surface area (Å²) in [6.07, 6.45) is 5.07. The molecular weight excluding hydrogens is 180 g/mol. The van der Waals surface area contributed by atoms with Crippen molar-refractivity contribution < 1.29 is 0 Å². The van der Waals surface area contributed by atoms with Crippen LogP contribution in [0.3, 0.4) is 0 Å². The maximum atomic E-state index is 5.51. The molecule has 1 unspecified atom stereocenters. The highest BCUT2D eigenvalue weighted by Gasteiger charge is 2.26. The first kappa shape index (κ1) is 9.47. The molecule has 0 spiro atoms. The summed E-state index contributed by atoms with van der Waals surface area (Å²) in [5.41, 5.74) is 9.78. The second kappa shape index (κ2) is 4.43. The highest BCUT2D eigenvalue weighted by Crippen LogP contribution is 2.19. The van der Waals surface area contributed by atoms with Crippen LogP contribution in [0.4, 0.5) is 0 Å². The van der Waals surface area contributed by atoms with Gasteiger partial charge in [-0.3, -0.25) is 32.1 Å². The molecule has 1 aromatic rings. The number of nitrogens with two attached hydrogens (primary N) is 1. The van der Waals surface area contributed by atoms with Crippen LogP contribution in [0.25, 0.3) is 0 Å². The molecule has 76 valence electrons. The van der Waals surface area contributed by atoms with Crippen molar-refractivity contribution in [2.75, 3.05) is 13.1 Å². The zero-order valence-corrected chi connectivity index (χ0v) is 7.77. The molecule has 0 saturated carbocycles. The maximum absolute atomic E-state index is 5.51. The lowest BCUT2D eigenvalue weighted by atomic mass is 9.99. The third-order valence-corrected chi connectivity index (χ3v) is 2.41. The molecule has 0 radical (unpaired) electrons. The summed E-state index contributed by atoms with van der Waals surface area (Å²) in [5.74, 6) is 5.91. The van der Waals surface area contributed by atoms with Gasteiger partial charge in [-0.1, -0.05) is 0 Å². The Hall–Kier alpha value is -1.08. The van der Waals surface area contributed by atoms with Gasteiger partial charge in [0.2, 0.25) is 0 Å². The van der Waals surface area contributed by atoms with Gasteiger partial charge in [-0.2, -0.15) is 0 Å². The first-order valence-electron chi connectivity index (χ1n) is 4.59. The molecule has 1 aliphatic rings. The van der Waals surface area contributed by atoms with E-state index in [-0.39, 0.29) is 6.04 Å². The number of nitrogens with one attached hydrogen (secondary N) is 3. The van der Waals surface area contributed by atoms with Crippen LogP contribution in [0.1, 0.15) is 11.7 Å². The Morgan fingerprint density at radius 2 is 2.21 bits per heavy atom. The summed E-state index contributed by atoms with van der Waals surface area (Å²) in [7, 11) is 0. The fraction of sp³-hybridized carbons (Fsp3) is 0.500. The number of hydrogen-bond acceptors (Lipinski definition) is 6. The van der Waals surface area contributed by atoms with Crippen LogP contribution in [-0.4, -0.2) is 23.1 Å². The van der Waals surface area contributed by atoms with Crippen molar-refractivity contribution in [2.45, 2.75) is 6.04 Å². The van der Waals surface area contributed by atoms with Crippen molar-refractivity contribution in [1.82, 2.24) is 26.2 Å². The van der Waals surface area contributed by atoms with Crippen LogP contribution < -0.4 is 22.1 Å². The highest BCUT2D eigenvalue weighted by atomic mass is 15.4. The van der Waals surface area contributed by atoms with Gasteiger partial charge in [0.15, 0.2) is 0 Å². The molecule has 1 aromatic heterocycles. The lowest BCUT2D eigenvalue weighted by Crippen LogP contribution is -2.36. The summed E-state index contributed by atoms with van der Waals surface area (Å²) in [6, 6.07) is 0.0474. The quantitative estimate of drug-likeness (QED) is 0.353. The molecular formula is C8H14N6.